The molecule has 0 aliphatic rings. The summed E-state index contributed by atoms with van der Waals surface area (Å²) in [5.41, 5.74) is 0. The van der Waals surface area contributed by atoms with Crippen LogP contribution in [0.4, 0.5) is 0 Å². The van der Waals surface area contributed by atoms with Crippen LogP contribution in [0.5, 0.6) is 0 Å². The van der Waals surface area contributed by atoms with Crippen LogP contribution in [0.2, 0.25) is 0 Å². The summed E-state index contributed by atoms with van der Waals surface area (Å²) in [4.78, 5) is 0. The van der Waals surface area contributed by atoms with E-state index in [0.717, 1.165) is 0 Å². The fourth-order valence-electron chi connectivity index (χ4n) is 1.92. The van der Waals surface area contributed by atoms with E-state index in [4.69, 9.17) is 0 Å². The topological polar surface area (TPSA) is 0 Å². The fourth-order valence-corrected chi connectivity index (χ4v) is 1.92. The molecule has 5 aromatic carbocycles. The summed E-state index contributed by atoms with van der Waals surface area (Å²) >= 11 is 0. The smallest absolute Gasteiger partial charge is 0 e. The summed E-state index contributed by atoms with van der Waals surface area (Å²) < 4.78 is 0. The third-order valence-corrected chi connectivity index (χ3v) is 3.33. The summed E-state index contributed by atoms with van der Waals surface area (Å²) in [5.74, 6) is 0. The molecule has 0 unspecified atom stereocenters. The van der Waals surface area contributed by atoms with E-state index in [0.29, 0.717) is 0 Å². The van der Waals surface area contributed by atoms with Gasteiger partial charge in [0.15, 0.2) is 0 Å². The van der Waals surface area contributed by atoms with Crippen LogP contribution in [-0.4, -0.2) is 0 Å². The zero-order valence-electron chi connectivity index (χ0n) is 41.4. The maximum Gasteiger partial charge on any atom is 0 e. The van der Waals surface area contributed by atoms with Crippen LogP contribution in [0.25, 0.3) is 0 Å². The fraction of sp³-hybridized carbons (Fsp3) is 0.174. The summed E-state index contributed by atoms with van der Waals surface area (Å²) in [6.07, 6.45) is 0. The van der Waals surface area contributed by atoms with Gasteiger partial charge in [0.2, 0.25) is 0 Å². The maximum absolute atomic E-state index is 2.00. The van der Waals surface area contributed by atoms with E-state index in [-0.39, 0.29) is 517 Å². The zero-order valence-corrected chi connectivity index (χ0v) is 81.1. The van der Waals surface area contributed by atoms with Gasteiger partial charge in [0.1, 0.15) is 0 Å². The van der Waals surface area contributed by atoms with Gasteiger partial charge in [-0.2, -0.15) is 0 Å². The normalized spacial score (nSPS) is 4.40. The van der Waals surface area contributed by atoms with E-state index in [2.05, 4.69) is 0 Å². The van der Waals surface area contributed by atoms with Crippen molar-refractivity contribution in [1.29, 1.82) is 0 Å². The summed E-state index contributed by atoms with van der Waals surface area (Å²) in [6, 6.07) is 60.0. The maximum atomic E-state index is 2.00. The molecule has 0 aliphatic heterocycles. The molecular formula is C46H78Y14-8. The van der Waals surface area contributed by atoms with E-state index in [1.807, 2.05) is 237 Å². The predicted octanol–water partition coefficient (Wildman–Crippen LogP) is 16.1. The van der Waals surface area contributed by atoms with Crippen LogP contribution < -0.4 is 0 Å². The molecule has 14 heteroatoms. The Morgan fingerprint density at radius 1 is 0.100 bits per heavy atom. The van der Waals surface area contributed by atoms with Crippen LogP contribution in [0.3, 0.4) is 0 Å². The van der Waals surface area contributed by atoms with Crippen molar-refractivity contribution in [3.05, 3.63) is 241 Å². The Kier molecular flexibility index (Phi) is 565. The van der Waals surface area contributed by atoms with Gasteiger partial charge >= 0.3 is 0 Å². The van der Waals surface area contributed by atoms with Crippen molar-refractivity contribution in [1.82, 2.24) is 0 Å². The molecular weight excluding hydrogens is 1800 g/mol. The van der Waals surface area contributed by atoms with Gasteiger partial charge in [-0.15, -0.1) is 0 Å². The molecule has 0 atom stereocenters. The van der Waals surface area contributed by atoms with Crippen LogP contribution in [0, 0.1) is 59.4 Å². The van der Waals surface area contributed by atoms with E-state index in [1.165, 1.54) is 0 Å². The number of hydrogen-bond donors (Lipinski definition) is 0. The number of rotatable bonds is 0. The monoisotopic (exact) mass is 1880 g/mol. The molecule has 312 valence electrons. The Bertz CT molecular complexity index is 590. The molecule has 5 rings (SSSR count). The minimum atomic E-state index is 0. The van der Waals surface area contributed by atoms with Crippen molar-refractivity contribution in [3.63, 3.8) is 0 Å². The van der Waals surface area contributed by atoms with E-state index < -0.39 is 0 Å². The summed E-state index contributed by atoms with van der Waals surface area (Å²) in [6.45, 7) is 16.0. The third kappa shape index (κ3) is 189. The standard InChI is InChI=1S/5C6H6.4C2H6.8CH3.14Y/c5*1-2-4-6-5-3-1;4*1-2;;;;;;;;;;;;;;;;;;;;;;/h5*1-6H;4*1-2H3;8*1H3;;;;;;;;;;;;;;/q;;;;;;;;;8*-1;;;;;;;;;;;;;;. The minimum Gasteiger partial charge on any atom is -0.358 e. The van der Waals surface area contributed by atoms with Gasteiger partial charge in [-0.3, -0.25) is 0 Å². The second-order valence-electron chi connectivity index (χ2n) is 5.77. The second kappa shape index (κ2) is 198. The SMILES string of the molecule is CC.CC.CC.CC.[CH3-].[CH3-].[CH3-].[CH3-].[CH3-].[CH3-].[CH3-].[CH3-].[Y].[Y].[Y].[Y].[Y].[Y].[Y].[Y].[Y].[Y].[Y].[Y].[Y].[Y].c1ccccc1.c1ccccc1.c1ccccc1.c1ccccc1.c1ccccc1. The average molecular weight is 1880 g/mol. The first-order chi connectivity index (χ1) is 19.0. The molecule has 60 heavy (non-hydrogen) atoms. The Hall–Kier alpha value is 11.6. The molecule has 0 bridgehead atoms. The minimum absolute atomic E-state index is 0. The zero-order chi connectivity index (χ0) is 29.2. The van der Waals surface area contributed by atoms with E-state index >= 15 is 0 Å². The number of benzene rings is 5. The molecule has 0 saturated heterocycles. The van der Waals surface area contributed by atoms with Crippen molar-refractivity contribution in [2.75, 3.05) is 0 Å². The van der Waals surface area contributed by atoms with Crippen LogP contribution >= 0.6 is 0 Å². The van der Waals surface area contributed by atoms with Gasteiger partial charge < -0.3 is 59.4 Å². The molecule has 0 amide bonds. The first-order valence-corrected chi connectivity index (χ1v) is 14.0. The average Bonchev–Trinajstić information content (AvgIpc) is 3.10. The molecule has 0 N–H and O–H groups in total. The van der Waals surface area contributed by atoms with Crippen molar-refractivity contribution in [2.24, 2.45) is 0 Å². The van der Waals surface area contributed by atoms with Crippen LogP contribution in [-0.2, 0) is 458 Å². The Labute approximate surface area is 735 Å². The van der Waals surface area contributed by atoms with Crippen LogP contribution in [0.1, 0.15) is 55.4 Å². The molecule has 0 saturated carbocycles. The molecule has 0 fully saturated rings. The van der Waals surface area contributed by atoms with Gasteiger partial charge in [0.25, 0.3) is 0 Å². The van der Waals surface area contributed by atoms with Gasteiger partial charge in [-0.1, -0.05) is 237 Å². The molecule has 0 spiro atoms. The van der Waals surface area contributed by atoms with Gasteiger partial charge in [-0.05, 0) is 0 Å². The van der Waals surface area contributed by atoms with Crippen molar-refractivity contribution >= 4 is 0 Å². The quantitative estimate of drug-likeness (QED) is 0.136. The van der Waals surface area contributed by atoms with Gasteiger partial charge in [0.05, 0.1) is 0 Å². The predicted molar refractivity (Wildman–Crippen MR) is 229 cm³/mol. The molecule has 14 radical (unpaired) electrons. The second-order valence-corrected chi connectivity index (χ2v) is 5.77. The summed E-state index contributed by atoms with van der Waals surface area (Å²) in [5, 5.41) is 0. The van der Waals surface area contributed by atoms with Gasteiger partial charge in [0, 0.05) is 458 Å². The van der Waals surface area contributed by atoms with E-state index in [1.54, 1.807) is 0 Å². The first kappa shape index (κ1) is 172. The van der Waals surface area contributed by atoms with Crippen molar-refractivity contribution in [2.45, 2.75) is 55.4 Å². The third-order valence-electron chi connectivity index (χ3n) is 3.33. The number of hydrogen-bond acceptors (Lipinski definition) is 0. The molecule has 0 heterocycles. The van der Waals surface area contributed by atoms with Crippen molar-refractivity contribution in [3.8, 4) is 0 Å². The first-order valence-electron chi connectivity index (χ1n) is 14.0. The van der Waals surface area contributed by atoms with E-state index in [9.17, 15) is 0 Å². The molecule has 0 aliphatic carbocycles. The van der Waals surface area contributed by atoms with Crippen LogP contribution in [0.15, 0.2) is 182 Å². The largest absolute Gasteiger partial charge is 0.358 e. The molecule has 0 nitrogen and oxygen atoms in total. The molecule has 5 aromatic rings. The summed E-state index contributed by atoms with van der Waals surface area (Å²) in [7, 11) is 0. The Balaban J connectivity index is -0.00000000885. The Morgan fingerprint density at radius 3 is 0.133 bits per heavy atom. The van der Waals surface area contributed by atoms with Crippen molar-refractivity contribution < 1.29 is 458 Å². The molecule has 0 aromatic heterocycles. The van der Waals surface area contributed by atoms with Gasteiger partial charge in [-0.25, -0.2) is 0 Å². The Morgan fingerprint density at radius 2 is 0.117 bits per heavy atom.